The van der Waals surface area contributed by atoms with Crippen LogP contribution < -0.4 is 10.5 Å². The number of nitrogens with one attached hydrogen (secondary N) is 1. The maximum atomic E-state index is 12.4. The second-order valence-electron chi connectivity index (χ2n) is 4.47. The quantitative estimate of drug-likeness (QED) is 0.778. The summed E-state index contributed by atoms with van der Waals surface area (Å²) in [5, 5.41) is 7.43. The summed E-state index contributed by atoms with van der Waals surface area (Å²) in [6.45, 7) is 2.67. The Morgan fingerprint density at radius 1 is 1.43 bits per heavy atom. The van der Waals surface area contributed by atoms with Crippen molar-refractivity contribution in [2.75, 3.05) is 6.54 Å². The minimum absolute atomic E-state index is 0.232. The van der Waals surface area contributed by atoms with Crippen LogP contribution in [0, 0.1) is 6.92 Å². The van der Waals surface area contributed by atoms with E-state index < -0.39 is 10.0 Å². The molecule has 2 aromatic rings. The Bertz CT molecular complexity index is 715. The molecule has 2 rings (SSSR count). The van der Waals surface area contributed by atoms with E-state index in [1.165, 1.54) is 0 Å². The predicted molar refractivity (Wildman–Crippen MR) is 82.0 cm³/mol. The van der Waals surface area contributed by atoms with E-state index in [2.05, 4.69) is 31.0 Å². The lowest BCUT2D eigenvalue weighted by Crippen LogP contribution is -2.28. The summed E-state index contributed by atoms with van der Waals surface area (Å²) in [6.07, 6.45) is 3.21. The average Bonchev–Trinajstić information content (AvgIpc) is 2.94. The van der Waals surface area contributed by atoms with Crippen molar-refractivity contribution < 1.29 is 8.42 Å². The first-order chi connectivity index (χ1) is 9.94. The fourth-order valence-corrected chi connectivity index (χ4v) is 3.80. The van der Waals surface area contributed by atoms with Gasteiger partial charge in [0.05, 0.1) is 17.6 Å². The summed E-state index contributed by atoms with van der Waals surface area (Å²) in [5.41, 5.74) is 7.00. The molecule has 0 aliphatic heterocycles. The molecule has 0 atom stereocenters. The molecule has 7 nitrogen and oxygen atoms in total. The normalized spacial score (nSPS) is 11.8. The number of rotatable bonds is 6. The van der Waals surface area contributed by atoms with Gasteiger partial charge in [-0.1, -0.05) is 21.1 Å². The van der Waals surface area contributed by atoms with E-state index in [-0.39, 0.29) is 18.0 Å². The van der Waals surface area contributed by atoms with Gasteiger partial charge in [0.1, 0.15) is 0 Å². The highest BCUT2D eigenvalue weighted by Gasteiger charge is 2.18. The third-order valence-corrected chi connectivity index (χ3v) is 5.40. The van der Waals surface area contributed by atoms with E-state index in [1.54, 1.807) is 30.1 Å². The largest absolute Gasteiger partial charge is 0.326 e. The van der Waals surface area contributed by atoms with Gasteiger partial charge in [-0.05, 0) is 30.2 Å². The van der Waals surface area contributed by atoms with Crippen LogP contribution in [0.4, 0.5) is 0 Å². The molecule has 0 aliphatic carbocycles. The lowest BCUT2D eigenvalue weighted by Gasteiger charge is -2.12. The summed E-state index contributed by atoms with van der Waals surface area (Å²) in [4.78, 5) is 0.232. The van der Waals surface area contributed by atoms with E-state index >= 15 is 0 Å². The van der Waals surface area contributed by atoms with E-state index in [0.29, 0.717) is 12.1 Å². The van der Waals surface area contributed by atoms with Gasteiger partial charge in [0.25, 0.3) is 0 Å². The van der Waals surface area contributed by atoms with Crippen molar-refractivity contribution in [3.05, 3.63) is 40.1 Å². The smallest absolute Gasteiger partial charge is 0.240 e. The Morgan fingerprint density at radius 2 is 2.19 bits per heavy atom. The Kier molecular flexibility index (Phi) is 5.09. The lowest BCUT2D eigenvalue weighted by molar-refractivity contribution is 0.552. The zero-order valence-electron chi connectivity index (χ0n) is 11.5. The third-order valence-electron chi connectivity index (χ3n) is 2.99. The van der Waals surface area contributed by atoms with Gasteiger partial charge in [0.15, 0.2) is 0 Å². The first kappa shape index (κ1) is 16.1. The van der Waals surface area contributed by atoms with Crippen molar-refractivity contribution >= 4 is 26.0 Å². The monoisotopic (exact) mass is 373 g/mol. The number of hydrogen-bond donors (Lipinski definition) is 2. The van der Waals surface area contributed by atoms with Crippen molar-refractivity contribution in [1.82, 2.24) is 19.7 Å². The molecule has 0 amide bonds. The SMILES string of the molecule is Cc1c(Br)cc(CN)cc1S(=O)(=O)NCCn1ccnn1. The molecule has 0 radical (unpaired) electrons. The number of nitrogens with zero attached hydrogens (tertiary/aromatic N) is 3. The topological polar surface area (TPSA) is 103 Å². The summed E-state index contributed by atoms with van der Waals surface area (Å²) in [6, 6.07) is 3.42. The minimum atomic E-state index is -3.60. The van der Waals surface area contributed by atoms with Crippen LogP contribution >= 0.6 is 15.9 Å². The van der Waals surface area contributed by atoms with Gasteiger partial charge in [0, 0.05) is 23.8 Å². The van der Waals surface area contributed by atoms with Gasteiger partial charge in [-0.3, -0.25) is 4.68 Å². The standard InChI is InChI=1S/C12H16BrN5O2S/c1-9-11(13)6-10(8-14)7-12(9)21(19,20)16-3-5-18-4-2-15-17-18/h2,4,6-7,16H,3,5,8,14H2,1H3. The van der Waals surface area contributed by atoms with Crippen LogP contribution in [0.5, 0.6) is 0 Å². The zero-order valence-corrected chi connectivity index (χ0v) is 13.9. The van der Waals surface area contributed by atoms with Crippen LogP contribution in [0.1, 0.15) is 11.1 Å². The van der Waals surface area contributed by atoms with Crippen LogP contribution in [-0.2, 0) is 23.1 Å². The molecule has 0 spiro atoms. The molecule has 1 heterocycles. The first-order valence-electron chi connectivity index (χ1n) is 6.27. The summed E-state index contributed by atoms with van der Waals surface area (Å²) in [5.74, 6) is 0. The summed E-state index contributed by atoms with van der Waals surface area (Å²) >= 11 is 3.36. The van der Waals surface area contributed by atoms with Gasteiger partial charge in [-0.2, -0.15) is 0 Å². The third kappa shape index (κ3) is 3.88. The maximum absolute atomic E-state index is 12.4. The van der Waals surface area contributed by atoms with Crippen LogP contribution in [0.25, 0.3) is 0 Å². The van der Waals surface area contributed by atoms with Crippen molar-refractivity contribution in [3.63, 3.8) is 0 Å². The Labute approximate surface area is 131 Å². The summed E-state index contributed by atoms with van der Waals surface area (Å²) in [7, 11) is -3.60. The fourth-order valence-electron chi connectivity index (χ4n) is 1.83. The Hall–Kier alpha value is -1.29. The fraction of sp³-hybridized carbons (Fsp3) is 0.333. The van der Waals surface area contributed by atoms with Crippen LogP contribution in [0.3, 0.4) is 0 Å². The number of sulfonamides is 1. The van der Waals surface area contributed by atoms with E-state index in [0.717, 1.165) is 10.0 Å². The molecule has 0 unspecified atom stereocenters. The molecule has 1 aromatic carbocycles. The second kappa shape index (κ2) is 6.65. The molecule has 0 fully saturated rings. The molecule has 0 bridgehead atoms. The van der Waals surface area contributed by atoms with Gasteiger partial charge in [-0.15, -0.1) is 5.10 Å². The zero-order chi connectivity index (χ0) is 15.5. The van der Waals surface area contributed by atoms with E-state index in [1.807, 2.05) is 6.07 Å². The summed E-state index contributed by atoms with van der Waals surface area (Å²) < 4.78 is 29.6. The molecule has 0 saturated heterocycles. The highest BCUT2D eigenvalue weighted by atomic mass is 79.9. The molecule has 1 aromatic heterocycles. The van der Waals surface area contributed by atoms with Gasteiger partial charge < -0.3 is 5.73 Å². The lowest BCUT2D eigenvalue weighted by atomic mass is 10.1. The van der Waals surface area contributed by atoms with Crippen molar-refractivity contribution in [1.29, 1.82) is 0 Å². The minimum Gasteiger partial charge on any atom is -0.326 e. The number of benzene rings is 1. The van der Waals surface area contributed by atoms with Crippen LogP contribution in [0.15, 0.2) is 33.9 Å². The molecule has 21 heavy (non-hydrogen) atoms. The Balaban J connectivity index is 2.17. The van der Waals surface area contributed by atoms with Gasteiger partial charge in [0.2, 0.25) is 10.0 Å². The molecule has 9 heteroatoms. The second-order valence-corrected chi connectivity index (χ2v) is 7.06. The molecule has 114 valence electrons. The van der Waals surface area contributed by atoms with E-state index in [4.69, 9.17) is 5.73 Å². The predicted octanol–water partition coefficient (Wildman–Crippen LogP) is 0.786. The maximum Gasteiger partial charge on any atom is 0.240 e. The first-order valence-corrected chi connectivity index (χ1v) is 8.54. The van der Waals surface area contributed by atoms with Crippen molar-refractivity contribution in [2.45, 2.75) is 24.9 Å². The van der Waals surface area contributed by atoms with Gasteiger partial charge >= 0.3 is 0 Å². The van der Waals surface area contributed by atoms with Crippen molar-refractivity contribution in [3.8, 4) is 0 Å². The molecular weight excluding hydrogens is 358 g/mol. The van der Waals surface area contributed by atoms with Crippen LogP contribution in [-0.4, -0.2) is 30.0 Å². The van der Waals surface area contributed by atoms with Gasteiger partial charge in [-0.25, -0.2) is 13.1 Å². The molecule has 0 saturated carbocycles. The highest BCUT2D eigenvalue weighted by molar-refractivity contribution is 9.10. The number of aromatic nitrogens is 3. The Morgan fingerprint density at radius 3 is 2.81 bits per heavy atom. The molecule has 3 N–H and O–H groups in total. The molecule has 0 aliphatic rings. The van der Waals surface area contributed by atoms with Crippen molar-refractivity contribution in [2.24, 2.45) is 5.73 Å². The number of halogens is 1. The number of hydrogen-bond acceptors (Lipinski definition) is 5. The highest BCUT2D eigenvalue weighted by Crippen LogP contribution is 2.25. The van der Waals surface area contributed by atoms with Crippen LogP contribution in [0.2, 0.25) is 0 Å². The average molecular weight is 374 g/mol. The number of nitrogens with two attached hydrogens (primary N) is 1. The molecular formula is C12H16BrN5O2S. The van der Waals surface area contributed by atoms with E-state index in [9.17, 15) is 8.42 Å².